The van der Waals surface area contributed by atoms with Crippen LogP contribution in [0.1, 0.15) is 17.7 Å². The number of nitrogens with zero attached hydrogens (tertiary/aromatic N) is 2. The van der Waals surface area contributed by atoms with Crippen molar-refractivity contribution in [3.05, 3.63) is 66.0 Å². The second-order valence-corrected chi connectivity index (χ2v) is 5.77. The van der Waals surface area contributed by atoms with E-state index in [0.29, 0.717) is 12.2 Å². The highest BCUT2D eigenvalue weighted by Gasteiger charge is 2.12. The second-order valence-electron chi connectivity index (χ2n) is 5.77. The van der Waals surface area contributed by atoms with Crippen LogP contribution in [-0.2, 0) is 22.6 Å². The zero-order valence-corrected chi connectivity index (χ0v) is 15.0. The van der Waals surface area contributed by atoms with Crippen LogP contribution in [0.25, 0.3) is 0 Å². The fourth-order valence-corrected chi connectivity index (χ4v) is 2.65. The summed E-state index contributed by atoms with van der Waals surface area (Å²) in [6, 6.07) is 12.5. The van der Waals surface area contributed by atoms with E-state index in [-0.39, 0.29) is 0 Å². The Bertz CT molecular complexity index is 818. The van der Waals surface area contributed by atoms with Gasteiger partial charge in [0.1, 0.15) is 5.75 Å². The lowest BCUT2D eigenvalue weighted by Gasteiger charge is -2.16. The average Bonchev–Trinajstić information content (AvgIpc) is 3.15. The third kappa shape index (κ3) is 6.47. The standard InChI is InChI=1S/C16H18N2O.C4H4O4/c1-19-14-7-4-13(5-8-14)6-9-15-16-3-2-11-18(16)12-10-17-15;5-3(6)1-2-4(7)8/h2-5,7-8,11H,6,9-10,12H2,1H3;1-2H,(H,5,6)(H,7,8)/b;2-1+. The summed E-state index contributed by atoms with van der Waals surface area (Å²) in [7, 11) is 1.69. The van der Waals surface area contributed by atoms with Gasteiger partial charge in [0.25, 0.3) is 0 Å². The molecule has 0 saturated heterocycles. The van der Waals surface area contributed by atoms with Gasteiger partial charge in [0.05, 0.1) is 25.1 Å². The number of aliphatic carboxylic acids is 2. The van der Waals surface area contributed by atoms with Gasteiger partial charge in [-0.05, 0) is 42.7 Å². The van der Waals surface area contributed by atoms with Gasteiger partial charge in [0.15, 0.2) is 0 Å². The van der Waals surface area contributed by atoms with Crippen LogP contribution in [0.4, 0.5) is 0 Å². The summed E-state index contributed by atoms with van der Waals surface area (Å²) in [5.41, 5.74) is 3.83. The van der Waals surface area contributed by atoms with Crippen LogP contribution in [-0.4, -0.2) is 46.1 Å². The molecule has 0 amide bonds. The highest BCUT2D eigenvalue weighted by atomic mass is 16.5. The third-order valence-electron chi connectivity index (χ3n) is 3.95. The van der Waals surface area contributed by atoms with Crippen LogP contribution in [0.3, 0.4) is 0 Å². The third-order valence-corrected chi connectivity index (χ3v) is 3.95. The Hall–Kier alpha value is -3.35. The number of carbonyl (C=O) groups is 2. The molecule has 7 heteroatoms. The first-order chi connectivity index (χ1) is 13.0. The number of hydrogen-bond donors (Lipinski definition) is 2. The molecule has 1 aliphatic heterocycles. The number of rotatable bonds is 6. The Balaban J connectivity index is 0.000000279. The van der Waals surface area contributed by atoms with Gasteiger partial charge in [-0.15, -0.1) is 0 Å². The molecule has 27 heavy (non-hydrogen) atoms. The number of hydrogen-bond acceptors (Lipinski definition) is 4. The maximum absolute atomic E-state index is 9.55. The number of fused-ring (bicyclic) bond motifs is 1. The van der Waals surface area contributed by atoms with Crippen molar-refractivity contribution >= 4 is 17.7 Å². The minimum Gasteiger partial charge on any atom is -0.497 e. The molecule has 1 aliphatic rings. The van der Waals surface area contributed by atoms with E-state index < -0.39 is 11.9 Å². The van der Waals surface area contributed by atoms with Gasteiger partial charge in [0.2, 0.25) is 0 Å². The summed E-state index contributed by atoms with van der Waals surface area (Å²) in [5, 5.41) is 15.6. The van der Waals surface area contributed by atoms with Crippen molar-refractivity contribution in [1.82, 2.24) is 4.57 Å². The van der Waals surface area contributed by atoms with E-state index in [1.54, 1.807) is 7.11 Å². The lowest BCUT2D eigenvalue weighted by Crippen LogP contribution is -2.18. The van der Waals surface area contributed by atoms with Gasteiger partial charge in [-0.3, -0.25) is 4.99 Å². The monoisotopic (exact) mass is 370 g/mol. The maximum atomic E-state index is 9.55. The number of benzene rings is 1. The van der Waals surface area contributed by atoms with Crippen LogP contribution < -0.4 is 4.74 Å². The molecule has 2 aromatic rings. The first-order valence-electron chi connectivity index (χ1n) is 8.45. The van der Waals surface area contributed by atoms with Crippen LogP contribution in [0.15, 0.2) is 59.7 Å². The van der Waals surface area contributed by atoms with Crippen molar-refractivity contribution in [1.29, 1.82) is 0 Å². The predicted molar refractivity (Wildman–Crippen MR) is 102 cm³/mol. The molecule has 7 nitrogen and oxygen atoms in total. The Morgan fingerprint density at radius 1 is 1.11 bits per heavy atom. The highest BCUT2D eigenvalue weighted by Crippen LogP contribution is 2.16. The topological polar surface area (TPSA) is 101 Å². The molecule has 0 unspecified atom stereocenters. The number of methoxy groups -OCH3 is 1. The molecule has 0 spiro atoms. The van der Waals surface area contributed by atoms with E-state index in [0.717, 1.165) is 31.7 Å². The maximum Gasteiger partial charge on any atom is 0.328 e. The lowest BCUT2D eigenvalue weighted by atomic mass is 10.0. The van der Waals surface area contributed by atoms with E-state index >= 15 is 0 Å². The van der Waals surface area contributed by atoms with Crippen molar-refractivity contribution in [2.24, 2.45) is 4.99 Å². The smallest absolute Gasteiger partial charge is 0.328 e. The van der Waals surface area contributed by atoms with Gasteiger partial charge in [0, 0.05) is 24.9 Å². The molecule has 0 atom stereocenters. The van der Waals surface area contributed by atoms with Crippen molar-refractivity contribution in [3.8, 4) is 5.75 Å². The van der Waals surface area contributed by atoms with Crippen LogP contribution in [0, 0.1) is 0 Å². The molecule has 2 N–H and O–H groups in total. The van der Waals surface area contributed by atoms with Crippen LogP contribution in [0.2, 0.25) is 0 Å². The predicted octanol–water partition coefficient (Wildman–Crippen LogP) is 2.64. The van der Waals surface area contributed by atoms with Crippen molar-refractivity contribution < 1.29 is 24.5 Å². The van der Waals surface area contributed by atoms with Crippen molar-refractivity contribution in [3.63, 3.8) is 0 Å². The van der Waals surface area contributed by atoms with E-state index in [2.05, 4.69) is 40.0 Å². The van der Waals surface area contributed by atoms with E-state index in [4.69, 9.17) is 14.9 Å². The Morgan fingerprint density at radius 2 is 1.78 bits per heavy atom. The summed E-state index contributed by atoms with van der Waals surface area (Å²) in [4.78, 5) is 23.8. The number of ether oxygens (including phenoxy) is 1. The first kappa shape index (κ1) is 20.0. The molecule has 2 heterocycles. The van der Waals surface area contributed by atoms with E-state index in [1.807, 2.05) is 12.1 Å². The average molecular weight is 370 g/mol. The molecular weight excluding hydrogens is 348 g/mol. The lowest BCUT2D eigenvalue weighted by molar-refractivity contribution is -0.134. The normalized spacial score (nSPS) is 12.6. The fourth-order valence-electron chi connectivity index (χ4n) is 2.65. The number of aromatic nitrogens is 1. The summed E-state index contributed by atoms with van der Waals surface area (Å²) < 4.78 is 7.46. The zero-order valence-electron chi connectivity index (χ0n) is 15.0. The fraction of sp³-hybridized carbons (Fsp3) is 0.250. The largest absolute Gasteiger partial charge is 0.497 e. The highest BCUT2D eigenvalue weighted by molar-refractivity contribution is 5.99. The molecule has 0 radical (unpaired) electrons. The molecule has 0 aliphatic carbocycles. The number of carboxylic acids is 2. The van der Waals surface area contributed by atoms with Gasteiger partial charge in [-0.1, -0.05) is 12.1 Å². The first-order valence-corrected chi connectivity index (χ1v) is 8.45. The molecule has 0 saturated carbocycles. The summed E-state index contributed by atoms with van der Waals surface area (Å²) in [6.07, 6.45) is 5.27. The minimum atomic E-state index is -1.26. The second kappa shape index (κ2) is 9.96. The van der Waals surface area contributed by atoms with E-state index in [1.165, 1.54) is 17.0 Å². The number of carboxylic acid groups (broad SMARTS) is 2. The minimum absolute atomic E-state index is 0.558. The molecule has 0 bridgehead atoms. The molecule has 0 fully saturated rings. The van der Waals surface area contributed by atoms with Gasteiger partial charge >= 0.3 is 11.9 Å². The Morgan fingerprint density at radius 3 is 2.37 bits per heavy atom. The molecule has 1 aromatic heterocycles. The van der Waals surface area contributed by atoms with Gasteiger partial charge < -0.3 is 19.5 Å². The Kier molecular flexibility index (Phi) is 7.37. The summed E-state index contributed by atoms with van der Waals surface area (Å²) in [5.74, 6) is -1.60. The molecular formula is C20H22N2O5. The van der Waals surface area contributed by atoms with Crippen molar-refractivity contribution in [2.45, 2.75) is 19.4 Å². The number of aryl methyl sites for hydroxylation is 1. The zero-order chi connectivity index (χ0) is 19.6. The summed E-state index contributed by atoms with van der Waals surface area (Å²) >= 11 is 0. The Labute approximate surface area is 157 Å². The quantitative estimate of drug-likeness (QED) is 0.761. The van der Waals surface area contributed by atoms with Gasteiger partial charge in [-0.25, -0.2) is 9.59 Å². The van der Waals surface area contributed by atoms with E-state index in [9.17, 15) is 9.59 Å². The SMILES string of the molecule is COc1ccc(CCC2=NCCn3cccc32)cc1.O=C(O)/C=C/C(=O)O. The van der Waals surface area contributed by atoms with Crippen molar-refractivity contribution in [2.75, 3.05) is 13.7 Å². The molecule has 1 aromatic carbocycles. The number of aliphatic imine (C=N–C) groups is 1. The van der Waals surface area contributed by atoms with Crippen LogP contribution in [0.5, 0.6) is 5.75 Å². The van der Waals surface area contributed by atoms with Gasteiger partial charge in [-0.2, -0.15) is 0 Å². The molecule has 3 rings (SSSR count). The van der Waals surface area contributed by atoms with Crippen LogP contribution >= 0.6 is 0 Å². The molecule has 142 valence electrons. The summed E-state index contributed by atoms with van der Waals surface area (Å²) in [6.45, 7) is 1.91.